The monoisotopic (exact) mass is 578 g/mol. The number of esters is 2. The second kappa shape index (κ2) is 15.1. The first-order valence-corrected chi connectivity index (χ1v) is 15.0. The average Bonchev–Trinajstić information content (AvgIpc) is 3.02. The fourth-order valence-corrected chi connectivity index (χ4v) is 5.43. The Balaban J connectivity index is 1.67. The summed E-state index contributed by atoms with van der Waals surface area (Å²) in [7, 11) is 0. The molecule has 43 heavy (non-hydrogen) atoms. The largest absolute Gasteiger partial charge is 0.462 e. The lowest BCUT2D eigenvalue weighted by atomic mass is 9.81. The van der Waals surface area contributed by atoms with E-state index in [9.17, 15) is 9.59 Å². The summed E-state index contributed by atoms with van der Waals surface area (Å²) in [6.07, 6.45) is 0.121. The minimum atomic E-state index is -0.494. The van der Waals surface area contributed by atoms with Gasteiger partial charge >= 0.3 is 11.9 Å². The predicted octanol–water partition coefficient (Wildman–Crippen LogP) is 7.50. The standard InChI is InChI=1S/C37H42N2O4/c1-6-38-30-18-13-27(14-19-30)36(28-15-20-31(21-16-28)39(7-2)8-3)34-22-17-29(32-11-9-10-12-33(32)34)25-35(40)42-23-24-43-37(41)26(4)5/h9-22,36,38H,4,6-8,23-25H2,1-3,5H3. The number of benzene rings is 4. The molecule has 0 spiro atoms. The van der Waals surface area contributed by atoms with Crippen LogP contribution in [0.3, 0.4) is 0 Å². The minimum absolute atomic E-state index is 0.00156. The molecule has 1 unspecified atom stereocenters. The van der Waals surface area contributed by atoms with Gasteiger partial charge in [-0.25, -0.2) is 4.79 Å². The molecule has 0 radical (unpaired) electrons. The van der Waals surface area contributed by atoms with E-state index in [0.29, 0.717) is 5.57 Å². The normalized spacial score (nSPS) is 11.5. The van der Waals surface area contributed by atoms with Crippen molar-refractivity contribution in [3.63, 3.8) is 0 Å². The molecule has 4 aromatic rings. The lowest BCUT2D eigenvalue weighted by Gasteiger charge is -2.24. The Bertz CT molecular complexity index is 1540. The third kappa shape index (κ3) is 7.83. The van der Waals surface area contributed by atoms with Crippen LogP contribution in [0.1, 0.15) is 55.9 Å². The maximum Gasteiger partial charge on any atom is 0.333 e. The fraction of sp³-hybridized carbons (Fsp3) is 0.297. The van der Waals surface area contributed by atoms with Crippen LogP contribution >= 0.6 is 0 Å². The highest BCUT2D eigenvalue weighted by atomic mass is 16.6. The van der Waals surface area contributed by atoms with Crippen molar-refractivity contribution < 1.29 is 19.1 Å². The quantitative estimate of drug-likeness (QED) is 0.0723. The minimum Gasteiger partial charge on any atom is -0.462 e. The molecule has 0 aromatic heterocycles. The van der Waals surface area contributed by atoms with Gasteiger partial charge in [0.15, 0.2) is 0 Å². The summed E-state index contributed by atoms with van der Waals surface area (Å²) in [6.45, 7) is 14.4. The highest BCUT2D eigenvalue weighted by molar-refractivity contribution is 5.92. The van der Waals surface area contributed by atoms with Gasteiger partial charge in [0.05, 0.1) is 6.42 Å². The van der Waals surface area contributed by atoms with E-state index in [1.807, 2.05) is 18.2 Å². The molecule has 224 valence electrons. The van der Waals surface area contributed by atoms with E-state index in [0.717, 1.165) is 41.7 Å². The number of ether oxygens (including phenoxy) is 2. The maximum absolute atomic E-state index is 12.7. The summed E-state index contributed by atoms with van der Waals surface area (Å²) in [5.41, 5.74) is 7.07. The lowest BCUT2D eigenvalue weighted by molar-refractivity contribution is -0.149. The Morgan fingerprint density at radius 2 is 1.40 bits per heavy atom. The van der Waals surface area contributed by atoms with Gasteiger partial charge in [-0.3, -0.25) is 4.79 Å². The van der Waals surface area contributed by atoms with E-state index in [-0.39, 0.29) is 31.5 Å². The second-order valence-electron chi connectivity index (χ2n) is 10.5. The smallest absolute Gasteiger partial charge is 0.333 e. The van der Waals surface area contributed by atoms with Crippen LogP contribution in [0.25, 0.3) is 10.8 Å². The molecule has 0 aliphatic carbocycles. The van der Waals surface area contributed by atoms with E-state index < -0.39 is 5.97 Å². The SMILES string of the molecule is C=C(C)C(=O)OCCOC(=O)Cc1ccc(C(c2ccc(NCC)cc2)c2ccc(N(CC)CC)cc2)c2ccccc12. The zero-order valence-corrected chi connectivity index (χ0v) is 25.7. The molecule has 1 atom stereocenters. The number of rotatable bonds is 14. The zero-order valence-electron chi connectivity index (χ0n) is 25.7. The summed E-state index contributed by atoms with van der Waals surface area (Å²) in [4.78, 5) is 26.6. The van der Waals surface area contributed by atoms with Gasteiger partial charge in [0.1, 0.15) is 13.2 Å². The molecular weight excluding hydrogens is 536 g/mol. The number of hydrogen-bond donors (Lipinski definition) is 1. The van der Waals surface area contributed by atoms with Crippen LogP contribution in [0, 0.1) is 0 Å². The van der Waals surface area contributed by atoms with E-state index in [1.54, 1.807) is 6.92 Å². The predicted molar refractivity (Wildman–Crippen MR) is 176 cm³/mol. The van der Waals surface area contributed by atoms with Crippen molar-refractivity contribution >= 4 is 34.1 Å². The van der Waals surface area contributed by atoms with Gasteiger partial charge in [0, 0.05) is 42.5 Å². The summed E-state index contributed by atoms with van der Waals surface area (Å²) in [5.74, 6) is -0.867. The third-order valence-corrected chi connectivity index (χ3v) is 7.60. The Kier molecular flexibility index (Phi) is 11.0. The van der Waals surface area contributed by atoms with Crippen molar-refractivity contribution in [1.29, 1.82) is 0 Å². The Hall–Kier alpha value is -4.58. The summed E-state index contributed by atoms with van der Waals surface area (Å²) >= 11 is 0. The number of carbonyl (C=O) groups excluding carboxylic acids is 2. The molecule has 0 amide bonds. The van der Waals surface area contributed by atoms with Gasteiger partial charge in [-0.2, -0.15) is 0 Å². The molecule has 0 saturated carbocycles. The van der Waals surface area contributed by atoms with Crippen molar-refractivity contribution in [2.24, 2.45) is 0 Å². The molecule has 0 fully saturated rings. The summed E-state index contributed by atoms with van der Waals surface area (Å²) in [5, 5.41) is 5.50. The molecular formula is C37H42N2O4. The Morgan fingerprint density at radius 1 is 0.791 bits per heavy atom. The summed E-state index contributed by atoms with van der Waals surface area (Å²) < 4.78 is 10.4. The number of fused-ring (bicyclic) bond motifs is 1. The highest BCUT2D eigenvalue weighted by Crippen LogP contribution is 2.38. The number of carbonyl (C=O) groups is 2. The third-order valence-electron chi connectivity index (χ3n) is 7.60. The molecule has 1 N–H and O–H groups in total. The van der Waals surface area contributed by atoms with Crippen molar-refractivity contribution in [1.82, 2.24) is 0 Å². The Morgan fingerprint density at radius 3 is 2.00 bits per heavy atom. The average molecular weight is 579 g/mol. The molecule has 0 saturated heterocycles. The van der Waals surface area contributed by atoms with Crippen LogP contribution < -0.4 is 10.2 Å². The fourth-order valence-electron chi connectivity index (χ4n) is 5.43. The van der Waals surface area contributed by atoms with Crippen LogP contribution in [-0.2, 0) is 25.5 Å². The molecule has 4 aromatic carbocycles. The van der Waals surface area contributed by atoms with Crippen LogP contribution in [0.15, 0.2) is 97.1 Å². The molecule has 6 nitrogen and oxygen atoms in total. The topological polar surface area (TPSA) is 67.9 Å². The van der Waals surface area contributed by atoms with Crippen molar-refractivity contribution in [3.05, 3.63) is 119 Å². The van der Waals surface area contributed by atoms with Gasteiger partial charge in [-0.05, 0) is 85.0 Å². The molecule has 6 heteroatoms. The maximum atomic E-state index is 12.7. The van der Waals surface area contributed by atoms with E-state index in [2.05, 4.69) is 104 Å². The number of nitrogens with zero attached hydrogens (tertiary/aromatic N) is 1. The van der Waals surface area contributed by atoms with E-state index in [4.69, 9.17) is 9.47 Å². The first-order valence-electron chi connectivity index (χ1n) is 15.0. The van der Waals surface area contributed by atoms with Crippen LogP contribution in [0.5, 0.6) is 0 Å². The molecule has 0 aliphatic heterocycles. The van der Waals surface area contributed by atoms with Crippen molar-refractivity contribution in [3.8, 4) is 0 Å². The Labute approximate surface area is 255 Å². The van der Waals surface area contributed by atoms with Gasteiger partial charge < -0.3 is 19.7 Å². The van der Waals surface area contributed by atoms with Crippen molar-refractivity contribution in [2.75, 3.05) is 43.1 Å². The number of hydrogen-bond acceptors (Lipinski definition) is 6. The molecule has 4 rings (SSSR count). The van der Waals surface area contributed by atoms with Gasteiger partial charge in [-0.15, -0.1) is 0 Å². The molecule has 0 bridgehead atoms. The van der Waals surface area contributed by atoms with Gasteiger partial charge in [0.25, 0.3) is 0 Å². The van der Waals surface area contributed by atoms with E-state index in [1.165, 1.54) is 22.4 Å². The second-order valence-corrected chi connectivity index (χ2v) is 10.5. The van der Waals surface area contributed by atoms with Gasteiger partial charge in [-0.1, -0.05) is 67.2 Å². The van der Waals surface area contributed by atoms with Crippen LogP contribution in [0.4, 0.5) is 11.4 Å². The highest BCUT2D eigenvalue weighted by Gasteiger charge is 2.21. The van der Waals surface area contributed by atoms with Crippen LogP contribution in [0.2, 0.25) is 0 Å². The number of nitrogens with one attached hydrogen (secondary N) is 1. The van der Waals surface area contributed by atoms with Crippen molar-refractivity contribution in [2.45, 2.75) is 40.0 Å². The van der Waals surface area contributed by atoms with E-state index >= 15 is 0 Å². The summed E-state index contributed by atoms with van der Waals surface area (Å²) in [6, 6.07) is 29.9. The first-order chi connectivity index (χ1) is 20.9. The lowest BCUT2D eigenvalue weighted by Crippen LogP contribution is -2.21. The van der Waals surface area contributed by atoms with Crippen LogP contribution in [-0.4, -0.2) is 44.8 Å². The molecule has 0 heterocycles. The number of anilines is 2. The zero-order chi connectivity index (χ0) is 30.8. The first kappa shape index (κ1) is 31.4. The molecule has 0 aliphatic rings. The van der Waals surface area contributed by atoms with Gasteiger partial charge in [0.2, 0.25) is 0 Å².